The fourth-order valence-corrected chi connectivity index (χ4v) is 0.0965. The molecule has 0 saturated carbocycles. The smallest absolute Gasteiger partial charge is 0.198 e. The lowest BCUT2D eigenvalue weighted by atomic mass is 10.9. The Kier molecular flexibility index (Phi) is 0.395. The fraction of sp³-hybridized carbons (Fsp3) is 1.00. The average molecular weight is 79.0 g/mol. The topological polar surface area (TPSA) is 21.9 Å². The minimum Gasteiger partial charge on any atom is -0.251 e. The van der Waals surface area contributed by atoms with Crippen LogP contribution in [0.1, 0.15) is 0 Å². The van der Waals surface area contributed by atoms with E-state index in [4.69, 9.17) is 0 Å². The summed E-state index contributed by atoms with van der Waals surface area (Å²) in [5.74, 6) is 0. The Morgan fingerprint density at radius 2 is 1.40 bits per heavy atom. The van der Waals surface area contributed by atoms with Crippen molar-refractivity contribution in [3.05, 3.63) is 0 Å². The van der Waals surface area contributed by atoms with Crippen LogP contribution in [0.25, 0.3) is 0 Å². The molecule has 1 aliphatic rings. The van der Waals surface area contributed by atoms with Gasteiger partial charge in [0.2, 0.25) is 0 Å². The van der Waals surface area contributed by atoms with Gasteiger partial charge < -0.3 is 0 Å². The zero-order valence-electron chi connectivity index (χ0n) is 2.41. The van der Waals surface area contributed by atoms with Gasteiger partial charge in [0.1, 0.15) is 0 Å². The summed E-state index contributed by atoms with van der Waals surface area (Å²) in [7, 11) is 0. The minimum atomic E-state index is -1.37. The molecular weight excluding hydrogens is 76.0 g/mol. The molecule has 1 aliphatic heterocycles. The number of hydrogen-bond acceptors (Lipinski definition) is 1. The highest BCUT2D eigenvalue weighted by Gasteiger charge is 2.35. The number of nitrogens with one attached hydrogen (secondary N) is 1. The molecule has 5 heavy (non-hydrogen) atoms. The summed E-state index contributed by atoms with van der Waals surface area (Å²) in [6.45, 7) is 0. The molecular formula is C2H3F2N. The summed E-state index contributed by atoms with van der Waals surface area (Å²) in [4.78, 5) is 0. The van der Waals surface area contributed by atoms with Crippen LogP contribution in [0.2, 0.25) is 0 Å². The molecule has 1 saturated heterocycles. The van der Waals surface area contributed by atoms with Gasteiger partial charge in [-0.3, -0.25) is 5.32 Å². The summed E-state index contributed by atoms with van der Waals surface area (Å²) in [6, 6.07) is 0. The van der Waals surface area contributed by atoms with Crippen LogP contribution < -0.4 is 5.32 Å². The zero-order chi connectivity index (χ0) is 3.86. The van der Waals surface area contributed by atoms with Crippen molar-refractivity contribution >= 4 is 0 Å². The molecule has 0 spiro atoms. The van der Waals surface area contributed by atoms with Crippen molar-refractivity contribution in [3.63, 3.8) is 0 Å². The quantitative estimate of drug-likeness (QED) is 0.324. The van der Waals surface area contributed by atoms with Gasteiger partial charge in [0, 0.05) is 0 Å². The Labute approximate surface area is 28.0 Å². The van der Waals surface area contributed by atoms with Gasteiger partial charge >= 0.3 is 0 Å². The standard InChI is InChI=1S/C2H3F2N/c3-1-2(4)5-1/h1-2,5H/t1-,2+. The van der Waals surface area contributed by atoms with Gasteiger partial charge in [-0.15, -0.1) is 0 Å². The second-order valence-corrected chi connectivity index (χ2v) is 0.970. The van der Waals surface area contributed by atoms with Crippen molar-refractivity contribution in [2.75, 3.05) is 0 Å². The third kappa shape index (κ3) is 0.374. The largest absolute Gasteiger partial charge is 0.251 e. The third-order valence-corrected chi connectivity index (χ3v) is 0.466. The molecule has 0 unspecified atom stereocenters. The summed E-state index contributed by atoms with van der Waals surface area (Å²) >= 11 is 0. The monoisotopic (exact) mass is 79.0 g/mol. The van der Waals surface area contributed by atoms with Crippen LogP contribution in [-0.2, 0) is 0 Å². The third-order valence-electron chi connectivity index (χ3n) is 0.466. The molecule has 30 valence electrons. The normalized spacial score (nSPS) is 49.2. The van der Waals surface area contributed by atoms with Gasteiger partial charge in [-0.1, -0.05) is 0 Å². The molecule has 0 amide bonds. The first-order chi connectivity index (χ1) is 2.30. The van der Waals surface area contributed by atoms with E-state index in [9.17, 15) is 8.78 Å². The molecule has 0 aromatic rings. The Hall–Kier alpha value is -0.180. The lowest BCUT2D eigenvalue weighted by Crippen LogP contribution is -1.70. The Morgan fingerprint density at radius 3 is 1.40 bits per heavy atom. The van der Waals surface area contributed by atoms with Gasteiger partial charge in [0.25, 0.3) is 0 Å². The Bertz CT molecular complexity index is 40.9. The molecule has 1 heterocycles. The van der Waals surface area contributed by atoms with E-state index < -0.39 is 12.6 Å². The SMILES string of the molecule is F[C@@H]1N[C@@H]1F. The lowest BCUT2D eigenvalue weighted by molar-refractivity contribution is 0.372. The first-order valence-corrected chi connectivity index (χ1v) is 1.35. The molecule has 1 N–H and O–H groups in total. The van der Waals surface area contributed by atoms with E-state index >= 15 is 0 Å². The summed E-state index contributed by atoms with van der Waals surface area (Å²) < 4.78 is 22.0. The molecule has 0 aliphatic carbocycles. The van der Waals surface area contributed by atoms with E-state index in [0.29, 0.717) is 0 Å². The summed E-state index contributed by atoms with van der Waals surface area (Å²) in [5, 5.41) is 1.86. The van der Waals surface area contributed by atoms with Gasteiger partial charge in [0.15, 0.2) is 12.6 Å². The van der Waals surface area contributed by atoms with Crippen molar-refractivity contribution in [3.8, 4) is 0 Å². The second kappa shape index (κ2) is 0.653. The number of alkyl halides is 2. The highest BCUT2D eigenvalue weighted by atomic mass is 19.2. The number of rotatable bonds is 0. The van der Waals surface area contributed by atoms with Crippen LogP contribution >= 0.6 is 0 Å². The predicted octanol–water partition coefficient (Wildman–Crippen LogP) is 0.181. The molecule has 1 fully saturated rings. The molecule has 2 atom stereocenters. The maximum absolute atomic E-state index is 11.0. The van der Waals surface area contributed by atoms with Crippen molar-refractivity contribution in [1.82, 2.24) is 5.32 Å². The first kappa shape index (κ1) is 3.03. The first-order valence-electron chi connectivity index (χ1n) is 1.35. The second-order valence-electron chi connectivity index (χ2n) is 0.970. The molecule has 0 bridgehead atoms. The van der Waals surface area contributed by atoms with Gasteiger partial charge in [-0.05, 0) is 0 Å². The Balaban J connectivity index is 2.20. The van der Waals surface area contributed by atoms with Gasteiger partial charge in [-0.25, -0.2) is 8.78 Å². The molecule has 1 rings (SSSR count). The van der Waals surface area contributed by atoms with E-state index in [0.717, 1.165) is 0 Å². The maximum Gasteiger partial charge on any atom is 0.198 e. The van der Waals surface area contributed by atoms with Crippen LogP contribution in [0.5, 0.6) is 0 Å². The van der Waals surface area contributed by atoms with Gasteiger partial charge in [-0.2, -0.15) is 0 Å². The highest BCUT2D eigenvalue weighted by Crippen LogP contribution is 2.10. The Morgan fingerprint density at radius 1 is 1.20 bits per heavy atom. The highest BCUT2D eigenvalue weighted by molar-refractivity contribution is 4.77. The maximum atomic E-state index is 11.0. The van der Waals surface area contributed by atoms with Crippen LogP contribution in [-0.4, -0.2) is 12.6 Å². The van der Waals surface area contributed by atoms with Crippen LogP contribution in [0.15, 0.2) is 0 Å². The van der Waals surface area contributed by atoms with Crippen molar-refractivity contribution in [2.45, 2.75) is 12.6 Å². The van der Waals surface area contributed by atoms with E-state index in [1.54, 1.807) is 0 Å². The summed E-state index contributed by atoms with van der Waals surface area (Å²) in [5.41, 5.74) is 0. The molecule has 0 radical (unpaired) electrons. The molecule has 1 nitrogen and oxygen atoms in total. The van der Waals surface area contributed by atoms with E-state index in [1.807, 2.05) is 5.32 Å². The van der Waals surface area contributed by atoms with E-state index in [2.05, 4.69) is 0 Å². The van der Waals surface area contributed by atoms with Crippen molar-refractivity contribution < 1.29 is 8.78 Å². The molecule has 0 aromatic carbocycles. The van der Waals surface area contributed by atoms with Crippen molar-refractivity contribution in [2.24, 2.45) is 0 Å². The van der Waals surface area contributed by atoms with Crippen LogP contribution in [0, 0.1) is 0 Å². The van der Waals surface area contributed by atoms with Crippen molar-refractivity contribution in [1.29, 1.82) is 0 Å². The van der Waals surface area contributed by atoms with E-state index in [1.165, 1.54) is 0 Å². The average Bonchev–Trinajstić information content (AvgIpc) is 1.79. The van der Waals surface area contributed by atoms with Gasteiger partial charge in [0.05, 0.1) is 0 Å². The van der Waals surface area contributed by atoms with Crippen LogP contribution in [0.3, 0.4) is 0 Å². The molecule has 3 heteroatoms. The molecule has 0 aromatic heterocycles. The zero-order valence-corrected chi connectivity index (χ0v) is 2.41. The predicted molar refractivity (Wildman–Crippen MR) is 12.9 cm³/mol. The summed E-state index contributed by atoms with van der Waals surface area (Å²) in [6.07, 6.45) is -2.73. The number of hydrogen-bond donors (Lipinski definition) is 1. The minimum absolute atomic E-state index is 1.37. The number of halogens is 2. The van der Waals surface area contributed by atoms with E-state index in [-0.39, 0.29) is 0 Å². The lowest BCUT2D eigenvalue weighted by Gasteiger charge is -1.55. The fourth-order valence-electron chi connectivity index (χ4n) is 0.0965. The van der Waals surface area contributed by atoms with Crippen LogP contribution in [0.4, 0.5) is 8.78 Å².